The smallest absolute Gasteiger partial charge is 0.122 e. The summed E-state index contributed by atoms with van der Waals surface area (Å²) < 4.78 is 10.9. The molecule has 0 bridgehead atoms. The summed E-state index contributed by atoms with van der Waals surface area (Å²) in [5.41, 5.74) is 1.19. The van der Waals surface area contributed by atoms with Crippen LogP contribution in [0, 0.1) is 0 Å². The number of hydrogen-bond acceptors (Lipinski definition) is 4. The Balaban J connectivity index is 2.01. The van der Waals surface area contributed by atoms with E-state index in [0.29, 0.717) is 19.3 Å². The predicted molar refractivity (Wildman–Crippen MR) is 79.2 cm³/mol. The second-order valence-corrected chi connectivity index (χ2v) is 5.53. The number of aliphatic hydroxyl groups excluding tert-OH is 1. The van der Waals surface area contributed by atoms with E-state index in [1.807, 2.05) is 18.2 Å². The maximum atomic E-state index is 10.1. The third-order valence-corrected chi connectivity index (χ3v) is 4.22. The van der Waals surface area contributed by atoms with Crippen molar-refractivity contribution in [3.8, 4) is 5.75 Å². The van der Waals surface area contributed by atoms with Crippen LogP contribution in [0.1, 0.15) is 18.9 Å². The Kier molecular flexibility index (Phi) is 5.40. The number of nitrogens with zero attached hydrogens (tertiary/aromatic N) is 1. The predicted octanol–water partition coefficient (Wildman–Crippen LogP) is 1.71. The fraction of sp³-hybridized carbons (Fsp3) is 0.625. The largest absolute Gasteiger partial charge is 0.496 e. The zero-order valence-electron chi connectivity index (χ0n) is 12.6. The Hall–Kier alpha value is -1.10. The number of rotatable bonds is 5. The minimum atomic E-state index is -0.297. The van der Waals surface area contributed by atoms with Gasteiger partial charge in [-0.1, -0.05) is 18.2 Å². The molecule has 3 unspecified atom stereocenters. The zero-order valence-corrected chi connectivity index (χ0v) is 12.6. The molecule has 1 heterocycles. The lowest BCUT2D eigenvalue weighted by atomic mass is 10.00. The number of aliphatic hydroxyl groups is 1. The molecule has 0 aliphatic carbocycles. The summed E-state index contributed by atoms with van der Waals surface area (Å²) in [7, 11) is 3.76. The summed E-state index contributed by atoms with van der Waals surface area (Å²) in [6.45, 7) is 3.44. The van der Waals surface area contributed by atoms with Crippen LogP contribution in [0.3, 0.4) is 0 Å². The highest BCUT2D eigenvalue weighted by atomic mass is 16.5. The highest BCUT2D eigenvalue weighted by Gasteiger charge is 2.30. The van der Waals surface area contributed by atoms with Crippen LogP contribution in [0.5, 0.6) is 5.75 Å². The minimum absolute atomic E-state index is 0.0773. The average molecular weight is 279 g/mol. The molecule has 3 atom stereocenters. The van der Waals surface area contributed by atoms with Crippen molar-refractivity contribution in [1.82, 2.24) is 4.90 Å². The Bertz CT molecular complexity index is 424. The molecule has 1 aromatic carbocycles. The molecule has 1 aromatic rings. The maximum absolute atomic E-state index is 10.1. The van der Waals surface area contributed by atoms with Crippen LogP contribution in [-0.4, -0.2) is 55.6 Å². The lowest BCUT2D eigenvalue weighted by Crippen LogP contribution is -2.51. The van der Waals surface area contributed by atoms with Gasteiger partial charge in [0, 0.05) is 12.6 Å². The number of likely N-dealkylation sites (N-methyl/N-ethyl adjacent to an activating group) is 1. The molecule has 0 radical (unpaired) electrons. The van der Waals surface area contributed by atoms with Gasteiger partial charge in [-0.15, -0.1) is 0 Å². The van der Waals surface area contributed by atoms with Gasteiger partial charge in [-0.05, 0) is 38.4 Å². The molecule has 0 aromatic heterocycles. The number of benzene rings is 1. The van der Waals surface area contributed by atoms with E-state index in [4.69, 9.17) is 9.47 Å². The molecule has 1 aliphatic rings. The molecule has 1 fully saturated rings. The molecule has 1 N–H and O–H groups in total. The molecule has 1 saturated heterocycles. The molecular formula is C16H25NO3. The molecule has 4 nitrogen and oxygen atoms in total. The van der Waals surface area contributed by atoms with E-state index in [1.54, 1.807) is 7.11 Å². The van der Waals surface area contributed by atoms with Gasteiger partial charge in [0.1, 0.15) is 5.75 Å². The van der Waals surface area contributed by atoms with Crippen molar-refractivity contribution in [3.05, 3.63) is 29.8 Å². The van der Waals surface area contributed by atoms with Gasteiger partial charge in [-0.3, -0.25) is 4.90 Å². The standard InChI is InChI=1S/C16H25NO3/c1-12(10-13-6-4-5-7-16(13)19-3)17(2)14-11-20-9-8-15(14)18/h4-7,12,14-15,18H,8-11H2,1-3H3. The van der Waals surface area contributed by atoms with Gasteiger partial charge in [0.2, 0.25) is 0 Å². The molecule has 0 spiro atoms. The first-order valence-electron chi connectivity index (χ1n) is 7.23. The van der Waals surface area contributed by atoms with E-state index in [-0.39, 0.29) is 12.1 Å². The van der Waals surface area contributed by atoms with Crippen LogP contribution >= 0.6 is 0 Å². The van der Waals surface area contributed by atoms with Crippen LogP contribution in [0.15, 0.2) is 24.3 Å². The molecule has 0 amide bonds. The van der Waals surface area contributed by atoms with Crippen LogP contribution in [-0.2, 0) is 11.2 Å². The minimum Gasteiger partial charge on any atom is -0.496 e. The Labute approximate surface area is 121 Å². The fourth-order valence-corrected chi connectivity index (χ4v) is 2.76. The van der Waals surface area contributed by atoms with Crippen molar-refractivity contribution < 1.29 is 14.6 Å². The van der Waals surface area contributed by atoms with Gasteiger partial charge in [0.05, 0.1) is 25.9 Å². The first-order chi connectivity index (χ1) is 9.63. The van der Waals surface area contributed by atoms with Crippen LogP contribution < -0.4 is 4.74 Å². The fourth-order valence-electron chi connectivity index (χ4n) is 2.76. The van der Waals surface area contributed by atoms with Crippen molar-refractivity contribution in [3.63, 3.8) is 0 Å². The molecule has 112 valence electrons. The first kappa shape index (κ1) is 15.3. The number of ether oxygens (including phenoxy) is 2. The van der Waals surface area contributed by atoms with Gasteiger partial charge in [-0.2, -0.15) is 0 Å². The van der Waals surface area contributed by atoms with Gasteiger partial charge >= 0.3 is 0 Å². The highest BCUT2D eigenvalue weighted by molar-refractivity contribution is 5.33. The van der Waals surface area contributed by atoms with Gasteiger partial charge in [0.15, 0.2) is 0 Å². The summed E-state index contributed by atoms with van der Waals surface area (Å²) in [6.07, 6.45) is 1.31. The van der Waals surface area contributed by atoms with E-state index in [1.165, 1.54) is 5.56 Å². The van der Waals surface area contributed by atoms with Crippen LogP contribution in [0.2, 0.25) is 0 Å². The average Bonchev–Trinajstić information content (AvgIpc) is 2.47. The van der Waals surface area contributed by atoms with Crippen LogP contribution in [0.4, 0.5) is 0 Å². The van der Waals surface area contributed by atoms with Crippen molar-refractivity contribution in [2.45, 2.75) is 38.0 Å². The second kappa shape index (κ2) is 7.07. The summed E-state index contributed by atoms with van der Waals surface area (Å²) in [6, 6.07) is 8.48. The third-order valence-electron chi connectivity index (χ3n) is 4.22. The summed E-state index contributed by atoms with van der Waals surface area (Å²) in [4.78, 5) is 2.22. The Morgan fingerprint density at radius 3 is 2.90 bits per heavy atom. The second-order valence-electron chi connectivity index (χ2n) is 5.53. The van der Waals surface area contributed by atoms with E-state index in [0.717, 1.165) is 18.6 Å². The maximum Gasteiger partial charge on any atom is 0.122 e. The summed E-state index contributed by atoms with van der Waals surface area (Å²) in [5.74, 6) is 0.924. The summed E-state index contributed by atoms with van der Waals surface area (Å²) >= 11 is 0. The Morgan fingerprint density at radius 1 is 1.45 bits per heavy atom. The molecular weight excluding hydrogens is 254 g/mol. The molecule has 4 heteroatoms. The lowest BCUT2D eigenvalue weighted by molar-refractivity contribution is -0.0632. The van der Waals surface area contributed by atoms with Crippen molar-refractivity contribution in [1.29, 1.82) is 0 Å². The lowest BCUT2D eigenvalue weighted by Gasteiger charge is -2.38. The van der Waals surface area contributed by atoms with Crippen LogP contribution in [0.25, 0.3) is 0 Å². The molecule has 2 rings (SSSR count). The number of para-hydroxylation sites is 1. The number of methoxy groups -OCH3 is 1. The monoisotopic (exact) mass is 279 g/mol. The quantitative estimate of drug-likeness (QED) is 0.891. The van der Waals surface area contributed by atoms with Crippen molar-refractivity contribution in [2.75, 3.05) is 27.4 Å². The van der Waals surface area contributed by atoms with Gasteiger partial charge < -0.3 is 14.6 Å². The summed E-state index contributed by atoms with van der Waals surface area (Å²) in [5, 5.41) is 10.1. The normalized spacial score (nSPS) is 24.6. The number of hydrogen-bond donors (Lipinski definition) is 1. The van der Waals surface area contributed by atoms with E-state index in [9.17, 15) is 5.11 Å². The topological polar surface area (TPSA) is 41.9 Å². The van der Waals surface area contributed by atoms with E-state index < -0.39 is 0 Å². The van der Waals surface area contributed by atoms with Gasteiger partial charge in [0.25, 0.3) is 0 Å². The van der Waals surface area contributed by atoms with Crippen molar-refractivity contribution in [2.24, 2.45) is 0 Å². The van der Waals surface area contributed by atoms with Gasteiger partial charge in [-0.25, -0.2) is 0 Å². The first-order valence-corrected chi connectivity index (χ1v) is 7.23. The highest BCUT2D eigenvalue weighted by Crippen LogP contribution is 2.22. The SMILES string of the molecule is COc1ccccc1CC(C)N(C)C1COCCC1O. The zero-order chi connectivity index (χ0) is 14.5. The van der Waals surface area contributed by atoms with E-state index in [2.05, 4.69) is 24.9 Å². The van der Waals surface area contributed by atoms with E-state index >= 15 is 0 Å². The molecule has 1 aliphatic heterocycles. The Morgan fingerprint density at radius 2 is 2.20 bits per heavy atom. The molecule has 20 heavy (non-hydrogen) atoms. The van der Waals surface area contributed by atoms with Crippen molar-refractivity contribution >= 4 is 0 Å². The molecule has 0 saturated carbocycles. The third kappa shape index (κ3) is 3.51.